The molecule has 0 bridgehead atoms. The maximum atomic E-state index is 2.55. The van der Waals surface area contributed by atoms with Crippen LogP contribution in [0.5, 0.6) is 0 Å². The molecule has 0 aromatic carbocycles. The van der Waals surface area contributed by atoms with Crippen LogP contribution in [-0.2, 0) is 0 Å². The van der Waals surface area contributed by atoms with Crippen molar-refractivity contribution in [3.63, 3.8) is 0 Å². The summed E-state index contributed by atoms with van der Waals surface area (Å²) in [7, 11) is 0. The van der Waals surface area contributed by atoms with Crippen molar-refractivity contribution in [2.75, 3.05) is 0 Å². The molecule has 0 N–H and O–H groups in total. The van der Waals surface area contributed by atoms with Gasteiger partial charge in [0.05, 0.1) is 0 Å². The van der Waals surface area contributed by atoms with Gasteiger partial charge in [-0.3, -0.25) is 0 Å². The maximum absolute atomic E-state index is 2.55. The van der Waals surface area contributed by atoms with Gasteiger partial charge in [-0.25, -0.2) is 0 Å². The van der Waals surface area contributed by atoms with E-state index in [0.717, 1.165) is 11.8 Å². The maximum Gasteiger partial charge on any atom is -0.0233 e. The fraction of sp³-hybridized carbons (Fsp3) is 0.857. The summed E-state index contributed by atoms with van der Waals surface area (Å²) in [4.78, 5) is 0. The molecule has 14 heavy (non-hydrogen) atoms. The van der Waals surface area contributed by atoms with Crippen LogP contribution in [0.1, 0.15) is 64.2 Å². The molecule has 0 aromatic heterocycles. The normalized spacial score (nSPS) is 27.1. The van der Waals surface area contributed by atoms with E-state index >= 15 is 0 Å². The molecule has 0 spiro atoms. The molecule has 2 rings (SSSR count). The van der Waals surface area contributed by atoms with Crippen molar-refractivity contribution in [2.24, 2.45) is 11.8 Å². The van der Waals surface area contributed by atoms with Crippen molar-refractivity contribution in [3.05, 3.63) is 12.2 Å². The SMILES string of the molecule is C(=C\C1CCCCC1)/C1CCCCC1. The Hall–Kier alpha value is -0.260. The molecule has 0 radical (unpaired) electrons. The van der Waals surface area contributed by atoms with Gasteiger partial charge in [0.25, 0.3) is 0 Å². The van der Waals surface area contributed by atoms with Gasteiger partial charge < -0.3 is 0 Å². The number of hydrogen-bond donors (Lipinski definition) is 0. The second-order valence-corrected chi connectivity index (χ2v) is 5.18. The van der Waals surface area contributed by atoms with Crippen LogP contribution in [0.15, 0.2) is 12.2 Å². The van der Waals surface area contributed by atoms with Gasteiger partial charge in [-0.1, -0.05) is 50.7 Å². The number of rotatable bonds is 2. The van der Waals surface area contributed by atoms with Crippen molar-refractivity contribution < 1.29 is 0 Å². The van der Waals surface area contributed by atoms with Gasteiger partial charge in [0, 0.05) is 0 Å². The highest BCUT2D eigenvalue weighted by atomic mass is 14.2. The van der Waals surface area contributed by atoms with E-state index in [0.29, 0.717) is 0 Å². The Morgan fingerprint density at radius 1 is 0.500 bits per heavy atom. The molecule has 80 valence electrons. The highest BCUT2D eigenvalue weighted by Crippen LogP contribution is 2.28. The zero-order chi connectivity index (χ0) is 9.64. The van der Waals surface area contributed by atoms with E-state index in [4.69, 9.17) is 0 Å². The van der Waals surface area contributed by atoms with Gasteiger partial charge in [0.15, 0.2) is 0 Å². The highest BCUT2D eigenvalue weighted by molar-refractivity contribution is 4.94. The Morgan fingerprint density at radius 3 is 1.21 bits per heavy atom. The average molecular weight is 192 g/mol. The van der Waals surface area contributed by atoms with Crippen LogP contribution in [0.2, 0.25) is 0 Å². The lowest BCUT2D eigenvalue weighted by Gasteiger charge is -2.21. The molecule has 2 saturated carbocycles. The van der Waals surface area contributed by atoms with Crippen LogP contribution < -0.4 is 0 Å². The fourth-order valence-corrected chi connectivity index (χ4v) is 2.97. The van der Waals surface area contributed by atoms with E-state index < -0.39 is 0 Å². The molecule has 0 aliphatic heterocycles. The lowest BCUT2D eigenvalue weighted by atomic mass is 9.85. The van der Waals surface area contributed by atoms with Crippen molar-refractivity contribution in [3.8, 4) is 0 Å². The van der Waals surface area contributed by atoms with Crippen molar-refractivity contribution >= 4 is 0 Å². The zero-order valence-electron chi connectivity index (χ0n) is 9.38. The lowest BCUT2D eigenvalue weighted by molar-refractivity contribution is 0.401. The van der Waals surface area contributed by atoms with Gasteiger partial charge in [-0.05, 0) is 37.5 Å². The summed E-state index contributed by atoms with van der Waals surface area (Å²) in [6.45, 7) is 0. The summed E-state index contributed by atoms with van der Waals surface area (Å²) in [5, 5.41) is 0. The minimum absolute atomic E-state index is 0.936. The number of allylic oxidation sites excluding steroid dienone is 2. The second-order valence-electron chi connectivity index (χ2n) is 5.18. The summed E-state index contributed by atoms with van der Waals surface area (Å²) in [6.07, 6.45) is 19.8. The molecule has 0 amide bonds. The molecule has 0 aromatic rings. The van der Waals surface area contributed by atoms with E-state index in [9.17, 15) is 0 Å². The van der Waals surface area contributed by atoms with E-state index in [1.165, 1.54) is 64.2 Å². The van der Waals surface area contributed by atoms with Gasteiger partial charge in [0.1, 0.15) is 0 Å². The predicted octanol–water partition coefficient (Wildman–Crippen LogP) is 4.70. The molecule has 0 unspecified atom stereocenters. The van der Waals surface area contributed by atoms with Crippen molar-refractivity contribution in [2.45, 2.75) is 64.2 Å². The Bertz CT molecular complexity index is 148. The molecular formula is C14H24. The first-order chi connectivity index (χ1) is 6.95. The van der Waals surface area contributed by atoms with Crippen LogP contribution in [0, 0.1) is 11.8 Å². The van der Waals surface area contributed by atoms with E-state index in [1.54, 1.807) is 0 Å². The molecule has 0 heterocycles. The third-order valence-corrected chi connectivity index (χ3v) is 3.96. The first-order valence-electron chi connectivity index (χ1n) is 6.63. The van der Waals surface area contributed by atoms with Crippen LogP contribution in [0.4, 0.5) is 0 Å². The Labute approximate surface area is 88.8 Å². The first kappa shape index (κ1) is 10.3. The molecule has 0 heteroatoms. The quantitative estimate of drug-likeness (QED) is 0.556. The summed E-state index contributed by atoms with van der Waals surface area (Å²) >= 11 is 0. The minimum Gasteiger partial charge on any atom is -0.0851 e. The molecular weight excluding hydrogens is 168 g/mol. The zero-order valence-corrected chi connectivity index (χ0v) is 9.38. The molecule has 0 atom stereocenters. The molecule has 2 fully saturated rings. The number of hydrogen-bond acceptors (Lipinski definition) is 0. The second kappa shape index (κ2) is 5.58. The van der Waals surface area contributed by atoms with Crippen LogP contribution in [0.3, 0.4) is 0 Å². The lowest BCUT2D eigenvalue weighted by Crippen LogP contribution is -2.06. The standard InChI is InChI=1S/C14H24/c1-3-7-13(8-4-1)11-12-14-9-5-2-6-10-14/h11-14H,1-10H2/b12-11+. The third kappa shape index (κ3) is 3.15. The largest absolute Gasteiger partial charge is 0.0851 e. The molecule has 0 nitrogen and oxygen atoms in total. The van der Waals surface area contributed by atoms with E-state index in [-0.39, 0.29) is 0 Å². The van der Waals surface area contributed by atoms with Crippen molar-refractivity contribution in [1.82, 2.24) is 0 Å². The Morgan fingerprint density at radius 2 is 0.857 bits per heavy atom. The third-order valence-electron chi connectivity index (χ3n) is 3.96. The highest BCUT2D eigenvalue weighted by Gasteiger charge is 2.13. The first-order valence-corrected chi connectivity index (χ1v) is 6.63. The fourth-order valence-electron chi connectivity index (χ4n) is 2.97. The summed E-state index contributed by atoms with van der Waals surface area (Å²) in [6, 6.07) is 0. The molecule has 2 aliphatic rings. The van der Waals surface area contributed by atoms with Crippen molar-refractivity contribution in [1.29, 1.82) is 0 Å². The van der Waals surface area contributed by atoms with Gasteiger partial charge in [-0.15, -0.1) is 0 Å². The summed E-state index contributed by atoms with van der Waals surface area (Å²) in [5.41, 5.74) is 0. The van der Waals surface area contributed by atoms with Crippen LogP contribution in [0.25, 0.3) is 0 Å². The van der Waals surface area contributed by atoms with Gasteiger partial charge >= 0.3 is 0 Å². The van der Waals surface area contributed by atoms with E-state index in [1.807, 2.05) is 0 Å². The topological polar surface area (TPSA) is 0 Å². The Kier molecular flexibility index (Phi) is 4.09. The van der Waals surface area contributed by atoms with Crippen LogP contribution >= 0.6 is 0 Å². The average Bonchev–Trinajstić information content (AvgIpc) is 2.29. The monoisotopic (exact) mass is 192 g/mol. The summed E-state index contributed by atoms with van der Waals surface area (Å²) in [5.74, 6) is 1.87. The van der Waals surface area contributed by atoms with Gasteiger partial charge in [0.2, 0.25) is 0 Å². The summed E-state index contributed by atoms with van der Waals surface area (Å²) < 4.78 is 0. The Balaban J connectivity index is 1.73. The molecule has 0 saturated heterocycles. The van der Waals surface area contributed by atoms with Gasteiger partial charge in [-0.2, -0.15) is 0 Å². The van der Waals surface area contributed by atoms with Crippen LogP contribution in [-0.4, -0.2) is 0 Å². The smallest absolute Gasteiger partial charge is 0.0233 e. The minimum atomic E-state index is 0.936. The van der Waals surface area contributed by atoms with E-state index in [2.05, 4.69) is 12.2 Å². The predicted molar refractivity (Wildman–Crippen MR) is 62.3 cm³/mol. The molecule has 2 aliphatic carbocycles.